The molecule has 4 heteroatoms. The SMILES string of the molecule is CNCc1ccc(CN(C)Cc2csc(Br)c2)cc1. The Morgan fingerprint density at radius 3 is 2.32 bits per heavy atom. The van der Waals surface area contributed by atoms with Crippen LogP contribution in [0.25, 0.3) is 0 Å². The summed E-state index contributed by atoms with van der Waals surface area (Å²) >= 11 is 5.25. The summed E-state index contributed by atoms with van der Waals surface area (Å²) in [6, 6.07) is 11.0. The first-order valence-corrected chi connectivity index (χ1v) is 7.98. The minimum absolute atomic E-state index is 0.930. The van der Waals surface area contributed by atoms with Crippen molar-refractivity contribution in [3.05, 3.63) is 56.2 Å². The largest absolute Gasteiger partial charge is 0.316 e. The minimum Gasteiger partial charge on any atom is -0.316 e. The Hall–Kier alpha value is -0.680. The van der Waals surface area contributed by atoms with Crippen LogP contribution in [0.15, 0.2) is 39.5 Å². The summed E-state index contributed by atoms with van der Waals surface area (Å²) in [5.74, 6) is 0. The molecule has 0 aliphatic rings. The number of benzene rings is 1. The van der Waals surface area contributed by atoms with E-state index in [1.165, 1.54) is 20.5 Å². The van der Waals surface area contributed by atoms with Gasteiger partial charge in [0.2, 0.25) is 0 Å². The molecular formula is C15H19BrN2S. The first-order chi connectivity index (χ1) is 9.17. The molecule has 0 saturated carbocycles. The minimum atomic E-state index is 0.930. The summed E-state index contributed by atoms with van der Waals surface area (Å²) in [6.45, 7) is 2.90. The van der Waals surface area contributed by atoms with Crippen molar-refractivity contribution in [1.82, 2.24) is 10.2 Å². The zero-order valence-corrected chi connectivity index (χ0v) is 13.7. The Morgan fingerprint density at radius 2 is 1.74 bits per heavy atom. The molecule has 2 aromatic rings. The van der Waals surface area contributed by atoms with Gasteiger partial charge in [0.25, 0.3) is 0 Å². The molecule has 1 heterocycles. The van der Waals surface area contributed by atoms with Crippen molar-refractivity contribution in [2.24, 2.45) is 0 Å². The van der Waals surface area contributed by atoms with Gasteiger partial charge in [0.15, 0.2) is 0 Å². The van der Waals surface area contributed by atoms with Crippen LogP contribution in [-0.4, -0.2) is 19.0 Å². The van der Waals surface area contributed by atoms with Crippen molar-refractivity contribution in [2.45, 2.75) is 19.6 Å². The predicted molar refractivity (Wildman–Crippen MR) is 86.4 cm³/mol. The lowest BCUT2D eigenvalue weighted by Crippen LogP contribution is -2.16. The molecule has 0 fully saturated rings. The van der Waals surface area contributed by atoms with E-state index in [0.29, 0.717) is 0 Å². The van der Waals surface area contributed by atoms with Crippen LogP contribution in [-0.2, 0) is 19.6 Å². The quantitative estimate of drug-likeness (QED) is 0.860. The molecule has 1 N–H and O–H groups in total. The summed E-state index contributed by atoms with van der Waals surface area (Å²) in [5.41, 5.74) is 4.05. The molecule has 102 valence electrons. The fraction of sp³-hybridized carbons (Fsp3) is 0.333. The van der Waals surface area contributed by atoms with Gasteiger partial charge in [-0.05, 0) is 58.2 Å². The van der Waals surface area contributed by atoms with E-state index >= 15 is 0 Å². The average molecular weight is 339 g/mol. The van der Waals surface area contributed by atoms with Gasteiger partial charge in [-0.25, -0.2) is 0 Å². The Labute approximate surface area is 127 Å². The van der Waals surface area contributed by atoms with E-state index in [1.54, 1.807) is 11.3 Å². The number of thiophene rings is 1. The highest BCUT2D eigenvalue weighted by atomic mass is 79.9. The van der Waals surface area contributed by atoms with Crippen molar-refractivity contribution < 1.29 is 0 Å². The molecule has 19 heavy (non-hydrogen) atoms. The third-order valence-electron chi connectivity index (χ3n) is 2.93. The molecule has 2 nitrogen and oxygen atoms in total. The Morgan fingerprint density at radius 1 is 1.11 bits per heavy atom. The van der Waals surface area contributed by atoms with Crippen LogP contribution < -0.4 is 5.32 Å². The predicted octanol–water partition coefficient (Wildman–Crippen LogP) is 3.86. The number of hydrogen-bond acceptors (Lipinski definition) is 3. The lowest BCUT2D eigenvalue weighted by Gasteiger charge is -2.16. The number of hydrogen-bond donors (Lipinski definition) is 1. The third kappa shape index (κ3) is 4.73. The molecule has 0 saturated heterocycles. The maximum Gasteiger partial charge on any atom is 0.0701 e. The Bertz CT molecular complexity index is 507. The lowest BCUT2D eigenvalue weighted by atomic mass is 10.1. The Kier molecular flexibility index (Phi) is 5.58. The molecule has 0 bridgehead atoms. The van der Waals surface area contributed by atoms with E-state index in [2.05, 4.69) is 68.9 Å². The molecular weight excluding hydrogens is 320 g/mol. The van der Waals surface area contributed by atoms with Gasteiger partial charge in [-0.3, -0.25) is 4.90 Å². The van der Waals surface area contributed by atoms with Crippen LogP contribution in [0.3, 0.4) is 0 Å². The fourth-order valence-corrected chi connectivity index (χ4v) is 3.27. The van der Waals surface area contributed by atoms with Gasteiger partial charge in [0.05, 0.1) is 3.79 Å². The zero-order chi connectivity index (χ0) is 13.7. The maximum absolute atomic E-state index is 3.51. The topological polar surface area (TPSA) is 15.3 Å². The highest BCUT2D eigenvalue weighted by Crippen LogP contribution is 2.21. The normalized spacial score (nSPS) is 11.2. The summed E-state index contributed by atoms with van der Waals surface area (Å²) in [5, 5.41) is 5.37. The molecule has 0 radical (unpaired) electrons. The number of nitrogens with one attached hydrogen (secondary N) is 1. The zero-order valence-electron chi connectivity index (χ0n) is 11.3. The van der Waals surface area contributed by atoms with Crippen LogP contribution in [0, 0.1) is 0 Å². The van der Waals surface area contributed by atoms with Crippen LogP contribution in [0.5, 0.6) is 0 Å². The lowest BCUT2D eigenvalue weighted by molar-refractivity contribution is 0.319. The standard InChI is InChI=1S/C15H19BrN2S/c1-17-8-12-3-5-13(6-4-12)9-18(2)10-14-7-15(16)19-11-14/h3-7,11,17H,8-10H2,1-2H3. The second-order valence-electron chi connectivity index (χ2n) is 4.78. The van der Waals surface area contributed by atoms with Crippen molar-refractivity contribution >= 4 is 27.3 Å². The van der Waals surface area contributed by atoms with Crippen LogP contribution >= 0.6 is 27.3 Å². The van der Waals surface area contributed by atoms with Crippen LogP contribution in [0.4, 0.5) is 0 Å². The molecule has 1 aromatic heterocycles. The monoisotopic (exact) mass is 338 g/mol. The summed E-state index contributed by atoms with van der Waals surface area (Å²) in [6.07, 6.45) is 0. The number of nitrogens with zero attached hydrogens (tertiary/aromatic N) is 1. The molecule has 2 rings (SSSR count). The van der Waals surface area contributed by atoms with E-state index in [4.69, 9.17) is 0 Å². The highest BCUT2D eigenvalue weighted by molar-refractivity contribution is 9.11. The van der Waals surface area contributed by atoms with E-state index in [9.17, 15) is 0 Å². The number of halogens is 1. The summed E-state index contributed by atoms with van der Waals surface area (Å²) in [4.78, 5) is 2.33. The number of rotatable bonds is 6. The van der Waals surface area contributed by atoms with Crippen molar-refractivity contribution in [3.8, 4) is 0 Å². The van der Waals surface area contributed by atoms with E-state index in [-0.39, 0.29) is 0 Å². The first-order valence-electron chi connectivity index (χ1n) is 6.31. The summed E-state index contributed by atoms with van der Waals surface area (Å²) in [7, 11) is 4.13. The average Bonchev–Trinajstić information content (AvgIpc) is 2.77. The summed E-state index contributed by atoms with van der Waals surface area (Å²) < 4.78 is 1.20. The van der Waals surface area contributed by atoms with Crippen molar-refractivity contribution in [1.29, 1.82) is 0 Å². The molecule has 0 aliphatic carbocycles. The molecule has 0 atom stereocenters. The smallest absolute Gasteiger partial charge is 0.0701 e. The second-order valence-corrected chi connectivity index (χ2v) is 7.07. The molecule has 0 unspecified atom stereocenters. The van der Waals surface area contributed by atoms with Gasteiger partial charge in [0, 0.05) is 19.6 Å². The van der Waals surface area contributed by atoms with Gasteiger partial charge in [0.1, 0.15) is 0 Å². The molecule has 1 aromatic carbocycles. The second kappa shape index (κ2) is 7.20. The van der Waals surface area contributed by atoms with Gasteiger partial charge in [-0.15, -0.1) is 11.3 Å². The van der Waals surface area contributed by atoms with Crippen molar-refractivity contribution in [2.75, 3.05) is 14.1 Å². The maximum atomic E-state index is 3.51. The van der Waals surface area contributed by atoms with E-state index in [1.807, 2.05) is 7.05 Å². The van der Waals surface area contributed by atoms with E-state index < -0.39 is 0 Å². The van der Waals surface area contributed by atoms with Crippen molar-refractivity contribution in [3.63, 3.8) is 0 Å². The van der Waals surface area contributed by atoms with Crippen LogP contribution in [0.2, 0.25) is 0 Å². The molecule has 0 amide bonds. The van der Waals surface area contributed by atoms with Gasteiger partial charge in [-0.2, -0.15) is 0 Å². The fourth-order valence-electron chi connectivity index (χ4n) is 2.07. The Balaban J connectivity index is 1.89. The first kappa shape index (κ1) is 14.7. The van der Waals surface area contributed by atoms with Gasteiger partial charge < -0.3 is 5.32 Å². The third-order valence-corrected chi connectivity index (χ3v) is 4.48. The van der Waals surface area contributed by atoms with Gasteiger partial charge in [-0.1, -0.05) is 24.3 Å². The highest BCUT2D eigenvalue weighted by Gasteiger charge is 2.04. The molecule has 0 spiro atoms. The van der Waals surface area contributed by atoms with Crippen LogP contribution in [0.1, 0.15) is 16.7 Å². The molecule has 0 aliphatic heterocycles. The van der Waals surface area contributed by atoms with E-state index in [0.717, 1.165) is 19.6 Å². The van der Waals surface area contributed by atoms with Gasteiger partial charge >= 0.3 is 0 Å².